The van der Waals surface area contributed by atoms with Gasteiger partial charge >= 0.3 is 5.97 Å². The van der Waals surface area contributed by atoms with Crippen molar-refractivity contribution in [1.82, 2.24) is 4.23 Å². The molecule has 2 aromatic rings. The summed E-state index contributed by atoms with van der Waals surface area (Å²) in [5.74, 6) is -0.947. The van der Waals surface area contributed by atoms with Crippen molar-refractivity contribution in [2.75, 3.05) is 0 Å². The standard InChI is InChI=1S/C20H32N2O2Si/c1-13(2)25(14(3)4,15(5)6)22-12-16(11-18(21)20(23)24)17-9-7-8-10-19(17)22/h7-10,12-15,18H,11,21H2,1-6H3,(H,23,24)/t18-/m1/s1. The van der Waals surface area contributed by atoms with Crippen LogP contribution < -0.4 is 5.73 Å². The summed E-state index contributed by atoms with van der Waals surface area (Å²) >= 11 is 0. The number of nitrogens with two attached hydrogens (primary N) is 1. The van der Waals surface area contributed by atoms with Crippen LogP contribution in [0.3, 0.4) is 0 Å². The molecule has 0 saturated carbocycles. The Morgan fingerprint density at radius 3 is 2.08 bits per heavy atom. The molecular weight excluding hydrogens is 328 g/mol. The normalized spacial score (nSPS) is 14.0. The van der Waals surface area contributed by atoms with Crippen LogP contribution in [0.5, 0.6) is 0 Å². The molecule has 0 bridgehead atoms. The molecule has 1 aromatic carbocycles. The number of nitrogens with zero attached hydrogens (tertiary/aromatic N) is 1. The Balaban J connectivity index is 2.74. The van der Waals surface area contributed by atoms with Gasteiger partial charge in [0.2, 0.25) is 0 Å². The molecular formula is C20H32N2O2Si. The van der Waals surface area contributed by atoms with Gasteiger partial charge in [0, 0.05) is 17.3 Å². The van der Waals surface area contributed by atoms with E-state index in [1.54, 1.807) is 0 Å². The average Bonchev–Trinajstić information content (AvgIpc) is 2.86. The van der Waals surface area contributed by atoms with Crippen LogP contribution in [0, 0.1) is 0 Å². The molecule has 2 rings (SSSR count). The highest BCUT2D eigenvalue weighted by molar-refractivity contribution is 6.82. The molecule has 4 nitrogen and oxygen atoms in total. The van der Waals surface area contributed by atoms with Crippen LogP contribution in [-0.2, 0) is 11.2 Å². The molecule has 5 heteroatoms. The number of hydrogen-bond acceptors (Lipinski definition) is 2. The van der Waals surface area contributed by atoms with E-state index in [0.29, 0.717) is 23.0 Å². The van der Waals surface area contributed by atoms with Crippen molar-refractivity contribution in [2.24, 2.45) is 5.73 Å². The molecule has 1 atom stereocenters. The number of aliphatic carboxylic acids is 1. The molecule has 0 spiro atoms. The number of fused-ring (bicyclic) bond motifs is 1. The predicted molar refractivity (Wildman–Crippen MR) is 108 cm³/mol. The fourth-order valence-corrected chi connectivity index (χ4v) is 11.6. The Hall–Kier alpha value is -1.59. The molecule has 0 aliphatic heterocycles. The molecule has 0 aliphatic carbocycles. The number of carboxylic acid groups (broad SMARTS) is 1. The van der Waals surface area contributed by atoms with Crippen LogP contribution in [0.1, 0.15) is 47.1 Å². The predicted octanol–water partition coefficient (Wildman–Crippen LogP) is 4.62. The molecule has 3 N–H and O–H groups in total. The van der Waals surface area contributed by atoms with Crippen molar-refractivity contribution in [2.45, 2.75) is 70.6 Å². The number of para-hydroxylation sites is 1. The van der Waals surface area contributed by atoms with Crippen molar-refractivity contribution in [3.63, 3.8) is 0 Å². The van der Waals surface area contributed by atoms with E-state index in [4.69, 9.17) is 5.73 Å². The van der Waals surface area contributed by atoms with Gasteiger partial charge in [-0.15, -0.1) is 0 Å². The fourth-order valence-electron chi connectivity index (χ4n) is 4.89. The first kappa shape index (κ1) is 19.7. The van der Waals surface area contributed by atoms with Gasteiger partial charge in [-0.2, -0.15) is 0 Å². The Labute approximate surface area is 152 Å². The zero-order valence-electron chi connectivity index (χ0n) is 16.3. The molecule has 0 aliphatic rings. The van der Waals surface area contributed by atoms with E-state index in [-0.39, 0.29) is 0 Å². The van der Waals surface area contributed by atoms with Crippen molar-refractivity contribution in [3.05, 3.63) is 36.0 Å². The quantitative estimate of drug-likeness (QED) is 0.708. The second-order valence-corrected chi connectivity index (χ2v) is 13.8. The fraction of sp³-hybridized carbons (Fsp3) is 0.550. The maximum atomic E-state index is 11.2. The van der Waals surface area contributed by atoms with Crippen molar-refractivity contribution in [1.29, 1.82) is 0 Å². The average molecular weight is 361 g/mol. The van der Waals surface area contributed by atoms with E-state index < -0.39 is 20.2 Å². The van der Waals surface area contributed by atoms with Gasteiger partial charge in [-0.3, -0.25) is 4.79 Å². The topological polar surface area (TPSA) is 68.2 Å². The van der Waals surface area contributed by atoms with Gasteiger partial charge in [0.25, 0.3) is 0 Å². The molecule has 1 aromatic heterocycles. The number of benzene rings is 1. The lowest BCUT2D eigenvalue weighted by molar-refractivity contribution is -0.138. The summed E-state index contributed by atoms with van der Waals surface area (Å²) in [5, 5.41) is 10.4. The number of rotatable bonds is 7. The zero-order chi connectivity index (χ0) is 18.9. The maximum absolute atomic E-state index is 11.2. The van der Waals surface area contributed by atoms with E-state index in [1.165, 1.54) is 5.52 Å². The monoisotopic (exact) mass is 360 g/mol. The lowest BCUT2D eigenvalue weighted by Crippen LogP contribution is -2.51. The van der Waals surface area contributed by atoms with Crippen LogP contribution in [-0.4, -0.2) is 29.6 Å². The minimum atomic E-state index is -1.90. The number of carbonyl (C=O) groups is 1. The third kappa shape index (κ3) is 3.27. The highest BCUT2D eigenvalue weighted by atomic mass is 28.3. The van der Waals surface area contributed by atoms with E-state index >= 15 is 0 Å². The number of hydrogen-bond donors (Lipinski definition) is 2. The van der Waals surface area contributed by atoms with Crippen LogP contribution >= 0.6 is 0 Å². The van der Waals surface area contributed by atoms with Gasteiger partial charge in [0.05, 0.1) is 0 Å². The molecule has 0 amide bonds. The van der Waals surface area contributed by atoms with Crippen LogP contribution in [0.15, 0.2) is 30.5 Å². The number of aromatic nitrogens is 1. The zero-order valence-corrected chi connectivity index (χ0v) is 17.3. The molecule has 0 unspecified atom stereocenters. The lowest BCUT2D eigenvalue weighted by Gasteiger charge is -2.44. The van der Waals surface area contributed by atoms with E-state index in [9.17, 15) is 9.90 Å². The van der Waals surface area contributed by atoms with Gasteiger partial charge < -0.3 is 15.1 Å². The van der Waals surface area contributed by atoms with Crippen LogP contribution in [0.25, 0.3) is 10.9 Å². The van der Waals surface area contributed by atoms with Crippen LogP contribution in [0.4, 0.5) is 0 Å². The van der Waals surface area contributed by atoms with E-state index in [1.807, 2.05) is 6.07 Å². The highest BCUT2D eigenvalue weighted by Gasteiger charge is 2.46. The Kier molecular flexibility index (Phi) is 5.79. The van der Waals surface area contributed by atoms with E-state index in [2.05, 4.69) is 70.2 Å². The largest absolute Gasteiger partial charge is 0.480 e. The molecule has 138 valence electrons. The summed E-state index contributed by atoms with van der Waals surface area (Å²) in [5.41, 5.74) is 9.83. The third-order valence-corrected chi connectivity index (χ3v) is 12.5. The molecule has 0 saturated heterocycles. The minimum Gasteiger partial charge on any atom is -0.480 e. The molecule has 1 heterocycles. The number of carboxylic acids is 1. The Morgan fingerprint density at radius 1 is 1.08 bits per heavy atom. The van der Waals surface area contributed by atoms with Crippen LogP contribution in [0.2, 0.25) is 16.6 Å². The van der Waals surface area contributed by atoms with Crippen molar-refractivity contribution in [3.8, 4) is 0 Å². The first-order chi connectivity index (χ1) is 11.6. The van der Waals surface area contributed by atoms with Gasteiger partial charge in [-0.25, -0.2) is 0 Å². The summed E-state index contributed by atoms with van der Waals surface area (Å²) in [6, 6.07) is 7.48. The third-order valence-electron chi connectivity index (χ3n) is 5.74. The Bertz CT molecular complexity index is 727. The maximum Gasteiger partial charge on any atom is 0.320 e. The van der Waals surface area contributed by atoms with E-state index in [0.717, 1.165) is 10.9 Å². The van der Waals surface area contributed by atoms with Crippen molar-refractivity contribution < 1.29 is 9.90 Å². The second kappa shape index (κ2) is 7.34. The highest BCUT2D eigenvalue weighted by Crippen LogP contribution is 2.44. The first-order valence-electron chi connectivity index (χ1n) is 9.21. The summed E-state index contributed by atoms with van der Waals surface area (Å²) < 4.78 is 2.53. The molecule has 0 fully saturated rings. The smallest absolute Gasteiger partial charge is 0.320 e. The first-order valence-corrected chi connectivity index (χ1v) is 11.4. The SMILES string of the molecule is CC(C)[Si](C(C)C)(C(C)C)n1cc(C[C@@H](N)C(=O)O)c2ccccc21. The molecule has 25 heavy (non-hydrogen) atoms. The van der Waals surface area contributed by atoms with Gasteiger partial charge in [-0.05, 0) is 34.5 Å². The summed E-state index contributed by atoms with van der Waals surface area (Å²) in [6.45, 7) is 14.0. The minimum absolute atomic E-state index is 0.363. The summed E-state index contributed by atoms with van der Waals surface area (Å²) in [4.78, 5) is 11.2. The molecule has 0 radical (unpaired) electrons. The van der Waals surface area contributed by atoms with Gasteiger partial charge in [0.15, 0.2) is 8.24 Å². The van der Waals surface area contributed by atoms with Gasteiger partial charge in [0.1, 0.15) is 6.04 Å². The second-order valence-electron chi connectivity index (χ2n) is 8.04. The van der Waals surface area contributed by atoms with Gasteiger partial charge in [-0.1, -0.05) is 59.7 Å². The Morgan fingerprint density at radius 2 is 1.60 bits per heavy atom. The van der Waals surface area contributed by atoms with Crippen molar-refractivity contribution >= 4 is 25.1 Å². The summed E-state index contributed by atoms with van der Waals surface area (Å²) in [7, 11) is -1.90. The lowest BCUT2D eigenvalue weighted by atomic mass is 10.1. The summed E-state index contributed by atoms with van der Waals surface area (Å²) in [6.07, 6.45) is 2.57.